The summed E-state index contributed by atoms with van der Waals surface area (Å²) in [6.45, 7) is 6.48. The maximum Gasteiger partial charge on any atom is 0.302 e. The van der Waals surface area contributed by atoms with Crippen LogP contribution in [0.1, 0.15) is 76.8 Å². The van der Waals surface area contributed by atoms with Crippen LogP contribution >= 0.6 is 11.6 Å². The van der Waals surface area contributed by atoms with E-state index in [2.05, 4.69) is 26.0 Å². The molecule has 1 amide bonds. The van der Waals surface area contributed by atoms with Crippen molar-refractivity contribution >= 4 is 35.1 Å². The fraction of sp³-hybridized carbons (Fsp3) is 0.487. The number of rotatable bonds is 3. The highest BCUT2D eigenvalue weighted by molar-refractivity contribution is 6.31. The van der Waals surface area contributed by atoms with Crippen LogP contribution in [0.3, 0.4) is 0 Å². The quantitative estimate of drug-likeness (QED) is 0.268. The Morgan fingerprint density at radius 3 is 2.62 bits per heavy atom. The van der Waals surface area contributed by atoms with Crippen molar-refractivity contribution in [2.45, 2.75) is 84.0 Å². The molecule has 2 aliphatic heterocycles. The average Bonchev–Trinajstić information content (AvgIpc) is 3.48. The smallest absolute Gasteiger partial charge is 0.302 e. The third kappa shape index (κ3) is 4.13. The first-order valence-corrected chi connectivity index (χ1v) is 17.3. The zero-order chi connectivity index (χ0) is 32.9. The topological polar surface area (TPSA) is 103 Å². The van der Waals surface area contributed by atoms with Gasteiger partial charge < -0.3 is 14.4 Å². The molecule has 7 nitrogen and oxygen atoms in total. The third-order valence-corrected chi connectivity index (χ3v) is 13.4. The number of benzene rings is 2. The normalized spacial score (nSPS) is 36.8. The summed E-state index contributed by atoms with van der Waals surface area (Å²) in [5.74, 6) is 0.104. The maximum atomic E-state index is 15.0. The van der Waals surface area contributed by atoms with E-state index < -0.39 is 5.60 Å². The van der Waals surface area contributed by atoms with Gasteiger partial charge in [0, 0.05) is 29.8 Å². The predicted molar refractivity (Wildman–Crippen MR) is 178 cm³/mol. The Morgan fingerprint density at radius 1 is 1.11 bits per heavy atom. The number of hydrogen-bond acceptors (Lipinski definition) is 6. The Bertz CT molecular complexity index is 1840. The minimum absolute atomic E-state index is 0.0313. The Morgan fingerprint density at radius 2 is 1.85 bits per heavy atom. The lowest BCUT2D eigenvalue weighted by Crippen LogP contribution is -2.52. The largest absolute Gasteiger partial charge is 0.462 e. The van der Waals surface area contributed by atoms with Crippen LogP contribution in [0.5, 0.6) is 0 Å². The molecule has 8 heteroatoms. The van der Waals surface area contributed by atoms with Gasteiger partial charge in [-0.05, 0) is 90.4 Å². The summed E-state index contributed by atoms with van der Waals surface area (Å²) in [5, 5.41) is 20.2. The van der Waals surface area contributed by atoms with Gasteiger partial charge in [0.1, 0.15) is 17.7 Å². The van der Waals surface area contributed by atoms with Crippen molar-refractivity contribution in [3.8, 4) is 6.07 Å². The van der Waals surface area contributed by atoms with Crippen LogP contribution in [0.4, 0.5) is 5.69 Å². The number of hydrogen-bond donors (Lipinski definition) is 1. The van der Waals surface area contributed by atoms with E-state index in [0.717, 1.165) is 67.3 Å². The van der Waals surface area contributed by atoms with Crippen LogP contribution < -0.4 is 4.90 Å². The van der Waals surface area contributed by atoms with Gasteiger partial charge in [0.25, 0.3) is 5.91 Å². The van der Waals surface area contributed by atoms with Crippen LogP contribution in [0.15, 0.2) is 71.3 Å². The van der Waals surface area contributed by atoms with Crippen LogP contribution in [-0.2, 0) is 31.2 Å². The summed E-state index contributed by atoms with van der Waals surface area (Å²) in [5.41, 5.74) is 3.33. The number of halogens is 1. The molecule has 0 aromatic heterocycles. The number of fused-ring (bicyclic) bond motifs is 10. The molecule has 3 fully saturated rings. The highest BCUT2D eigenvalue weighted by atomic mass is 35.5. The zero-order valence-corrected chi connectivity index (χ0v) is 27.9. The minimum Gasteiger partial charge on any atom is -0.462 e. The standard InChI is InChI=1S/C39H40ClN3O4/c1-22(44)46-25-14-16-37(2)24(18-25)12-13-26-28(37)15-17-38(3)30(26)19-31-34(38)27(20-41)35(42)47-39(31)29-9-5-7-11-33(29)43(36(39)45)21-23-8-4-6-10-32(23)40/h4-12,25-26,28,30-31,42H,13-19,21H2,1-3H3/t25-,26?,28?,30?,31?,37-,38-,39?/m0/s1. The number of allylic oxidation sites excluding steroid dienone is 1. The van der Waals surface area contributed by atoms with E-state index in [9.17, 15) is 14.9 Å². The van der Waals surface area contributed by atoms with Crippen molar-refractivity contribution in [3.63, 3.8) is 0 Å². The van der Waals surface area contributed by atoms with Crippen molar-refractivity contribution in [2.24, 2.45) is 34.5 Å². The van der Waals surface area contributed by atoms with Gasteiger partial charge in [0.15, 0.2) is 0 Å². The van der Waals surface area contributed by atoms with Crippen molar-refractivity contribution in [3.05, 3.63) is 87.5 Å². The molecule has 0 bridgehead atoms. The van der Waals surface area contributed by atoms with Gasteiger partial charge in [-0.1, -0.05) is 73.5 Å². The summed E-state index contributed by atoms with van der Waals surface area (Å²) in [6.07, 6.45) is 8.58. The van der Waals surface area contributed by atoms with Crippen LogP contribution in [0.25, 0.3) is 0 Å². The maximum absolute atomic E-state index is 15.0. The average molecular weight is 650 g/mol. The molecule has 8 rings (SSSR count). The summed E-state index contributed by atoms with van der Waals surface area (Å²) in [7, 11) is 0. The van der Waals surface area contributed by atoms with Crippen molar-refractivity contribution in [1.29, 1.82) is 10.7 Å². The first-order chi connectivity index (χ1) is 22.5. The Balaban J connectivity index is 1.21. The number of carbonyl (C=O) groups is 2. The molecule has 5 unspecified atom stereocenters. The minimum atomic E-state index is -1.41. The summed E-state index contributed by atoms with van der Waals surface area (Å²) >= 11 is 6.59. The van der Waals surface area contributed by atoms with Gasteiger partial charge in [-0.15, -0.1) is 0 Å². The molecule has 8 atom stereocenters. The molecule has 0 radical (unpaired) electrons. The molecule has 47 heavy (non-hydrogen) atoms. The highest BCUT2D eigenvalue weighted by Crippen LogP contribution is 2.71. The third-order valence-electron chi connectivity index (χ3n) is 13.0. The molecular formula is C39H40ClN3O4. The van der Waals surface area contributed by atoms with E-state index in [4.69, 9.17) is 26.5 Å². The van der Waals surface area contributed by atoms with E-state index >= 15 is 0 Å². The second-order valence-corrected chi connectivity index (χ2v) is 15.5. The van der Waals surface area contributed by atoms with Gasteiger partial charge in [-0.3, -0.25) is 15.0 Å². The number of carbonyl (C=O) groups excluding carboxylic acids is 2. The second kappa shape index (κ2) is 10.6. The van der Waals surface area contributed by atoms with Gasteiger partial charge in [0.05, 0.1) is 12.2 Å². The SMILES string of the molecule is CC(=O)O[C@H]1CC[C@@]2(C)C(=CCC3C2CC[C@]2(C)C4=C(C#N)C(=N)OC5(C(=O)N(Cc6ccccc6Cl)c6ccccc65)C4CC32)C1. The molecule has 6 aliphatic rings. The number of esters is 1. The Labute approximate surface area is 281 Å². The van der Waals surface area contributed by atoms with E-state index in [1.807, 2.05) is 48.5 Å². The van der Waals surface area contributed by atoms with Crippen LogP contribution in [0, 0.1) is 51.2 Å². The lowest BCUT2D eigenvalue weighted by atomic mass is 9.47. The molecule has 1 spiro atoms. The van der Waals surface area contributed by atoms with E-state index in [1.54, 1.807) is 4.90 Å². The van der Waals surface area contributed by atoms with Gasteiger partial charge in [0.2, 0.25) is 11.5 Å². The zero-order valence-electron chi connectivity index (χ0n) is 27.1. The Kier molecular flexibility index (Phi) is 6.84. The number of ether oxygens (including phenoxy) is 2. The van der Waals surface area contributed by atoms with Gasteiger partial charge >= 0.3 is 5.97 Å². The number of nitriles is 1. The first kappa shape index (κ1) is 30.4. The van der Waals surface area contributed by atoms with Gasteiger partial charge in [-0.25, -0.2) is 0 Å². The summed E-state index contributed by atoms with van der Waals surface area (Å²) < 4.78 is 12.2. The monoisotopic (exact) mass is 649 g/mol. The second-order valence-electron chi connectivity index (χ2n) is 15.0. The molecular weight excluding hydrogens is 610 g/mol. The molecule has 4 aliphatic carbocycles. The van der Waals surface area contributed by atoms with E-state index in [-0.39, 0.29) is 53.1 Å². The fourth-order valence-electron chi connectivity index (χ4n) is 11.0. The summed E-state index contributed by atoms with van der Waals surface area (Å²) in [4.78, 5) is 28.5. The van der Waals surface area contributed by atoms with Crippen molar-refractivity contribution < 1.29 is 19.1 Å². The van der Waals surface area contributed by atoms with E-state index in [1.165, 1.54) is 12.5 Å². The Hall–Kier alpha value is -3.89. The molecule has 2 heterocycles. The number of amides is 1. The molecule has 0 saturated heterocycles. The molecule has 2 aromatic rings. The van der Waals surface area contributed by atoms with Crippen molar-refractivity contribution in [2.75, 3.05) is 4.90 Å². The molecule has 2 aromatic carbocycles. The summed E-state index contributed by atoms with van der Waals surface area (Å²) in [6, 6.07) is 17.7. The highest BCUT2D eigenvalue weighted by Gasteiger charge is 2.70. The first-order valence-electron chi connectivity index (χ1n) is 17.0. The van der Waals surface area contributed by atoms with E-state index in [0.29, 0.717) is 22.4 Å². The molecule has 1 N–H and O–H groups in total. The number of para-hydroxylation sites is 1. The number of anilines is 1. The van der Waals surface area contributed by atoms with Crippen LogP contribution in [0.2, 0.25) is 5.02 Å². The fourth-order valence-corrected chi connectivity index (χ4v) is 11.2. The molecule has 3 saturated carbocycles. The molecule has 242 valence electrons. The lowest BCUT2D eigenvalue weighted by Gasteiger charge is -2.57. The van der Waals surface area contributed by atoms with Crippen LogP contribution in [-0.4, -0.2) is 23.9 Å². The number of nitrogens with one attached hydrogen (secondary N) is 1. The van der Waals surface area contributed by atoms with Crippen molar-refractivity contribution in [1.82, 2.24) is 0 Å². The lowest BCUT2D eigenvalue weighted by molar-refractivity contribution is -0.148. The predicted octanol–water partition coefficient (Wildman–Crippen LogP) is 8.03. The van der Waals surface area contributed by atoms with Gasteiger partial charge in [-0.2, -0.15) is 5.26 Å². The number of nitrogens with zero attached hydrogens (tertiary/aromatic N) is 2.